The van der Waals surface area contributed by atoms with Crippen molar-refractivity contribution in [2.75, 3.05) is 12.8 Å². The fraction of sp³-hybridized carbons (Fsp3) is 0.458. The summed E-state index contributed by atoms with van der Waals surface area (Å²) >= 11 is 1.45. The monoisotopic (exact) mass is 438 g/mol. The van der Waals surface area contributed by atoms with Gasteiger partial charge < -0.3 is 9.32 Å². The molecule has 2 aromatic heterocycles. The van der Waals surface area contributed by atoms with Crippen LogP contribution in [-0.4, -0.2) is 44.4 Å². The zero-order valence-electron chi connectivity index (χ0n) is 18.5. The summed E-state index contributed by atoms with van der Waals surface area (Å²) in [5, 5.41) is 9.64. The summed E-state index contributed by atoms with van der Waals surface area (Å²) in [6.45, 7) is 4.85. The van der Waals surface area contributed by atoms with E-state index in [1.165, 1.54) is 31.0 Å². The highest BCUT2D eigenvalue weighted by molar-refractivity contribution is 7.99. The molecule has 7 heteroatoms. The minimum absolute atomic E-state index is 0.147. The molecular weight excluding hydrogens is 408 g/mol. The van der Waals surface area contributed by atoms with Crippen molar-refractivity contribution in [3.8, 4) is 11.4 Å². The highest BCUT2D eigenvalue weighted by atomic mass is 32.2. The van der Waals surface area contributed by atoms with Gasteiger partial charge in [-0.3, -0.25) is 9.36 Å². The van der Waals surface area contributed by atoms with Crippen molar-refractivity contribution in [2.24, 2.45) is 5.92 Å². The van der Waals surface area contributed by atoms with E-state index in [4.69, 9.17) is 4.42 Å². The molecule has 6 nitrogen and oxygen atoms in total. The van der Waals surface area contributed by atoms with E-state index < -0.39 is 0 Å². The summed E-state index contributed by atoms with van der Waals surface area (Å²) in [7, 11) is 1.95. The second-order valence-corrected chi connectivity index (χ2v) is 9.35. The van der Waals surface area contributed by atoms with Gasteiger partial charge in [0.25, 0.3) is 0 Å². The molecule has 31 heavy (non-hydrogen) atoms. The number of aromatic nitrogens is 3. The van der Waals surface area contributed by atoms with Crippen molar-refractivity contribution in [2.45, 2.75) is 57.3 Å². The largest absolute Gasteiger partial charge is 0.467 e. The molecule has 0 saturated heterocycles. The highest BCUT2D eigenvalue weighted by Gasteiger charge is 2.28. The predicted molar refractivity (Wildman–Crippen MR) is 123 cm³/mol. The molecule has 164 valence electrons. The second-order valence-electron chi connectivity index (χ2n) is 8.41. The topological polar surface area (TPSA) is 64.2 Å². The number of carbonyl (C=O) groups is 1. The van der Waals surface area contributed by atoms with E-state index in [-0.39, 0.29) is 5.91 Å². The average molecular weight is 439 g/mol. The molecule has 1 saturated carbocycles. The number of carbonyl (C=O) groups excluding carboxylic acids is 1. The third-order valence-electron chi connectivity index (χ3n) is 6.28. The van der Waals surface area contributed by atoms with E-state index in [0.29, 0.717) is 24.3 Å². The van der Waals surface area contributed by atoms with Crippen LogP contribution in [0.1, 0.15) is 43.9 Å². The van der Waals surface area contributed by atoms with Gasteiger partial charge in [-0.25, -0.2) is 0 Å². The maximum atomic E-state index is 12.9. The molecule has 3 aromatic rings. The van der Waals surface area contributed by atoms with E-state index >= 15 is 0 Å². The third kappa shape index (κ3) is 4.87. The van der Waals surface area contributed by atoms with Crippen LogP contribution in [0.2, 0.25) is 0 Å². The SMILES string of the molecule is Cc1ccccc1-c1nnc(SCC(=O)N(C)C2CCCCC2C)n1Cc1ccco1. The van der Waals surface area contributed by atoms with Crippen LogP contribution >= 0.6 is 11.8 Å². The van der Waals surface area contributed by atoms with Crippen molar-refractivity contribution in [1.82, 2.24) is 19.7 Å². The molecule has 2 atom stereocenters. The first-order chi connectivity index (χ1) is 15.0. The Morgan fingerprint density at radius 3 is 2.74 bits per heavy atom. The Hall–Kier alpha value is -2.54. The van der Waals surface area contributed by atoms with E-state index in [1.807, 2.05) is 40.8 Å². The Morgan fingerprint density at radius 1 is 1.19 bits per heavy atom. The number of amides is 1. The van der Waals surface area contributed by atoms with Crippen LogP contribution in [0.3, 0.4) is 0 Å². The minimum atomic E-state index is 0.147. The standard InChI is InChI=1S/C24H30N4O2S/c1-17-9-4-6-12-20(17)23-25-26-24(28(23)15-19-11-8-14-30-19)31-16-22(29)27(3)21-13-7-5-10-18(21)2/h4,6,8-9,11-12,14,18,21H,5,7,10,13,15-16H2,1-3H3. The lowest BCUT2D eigenvalue weighted by Gasteiger charge is -2.36. The Balaban J connectivity index is 1.54. The molecule has 2 heterocycles. The van der Waals surface area contributed by atoms with Crippen molar-refractivity contribution in [3.05, 3.63) is 54.0 Å². The van der Waals surface area contributed by atoms with E-state index in [1.54, 1.807) is 6.26 Å². The molecule has 0 spiro atoms. The molecule has 1 amide bonds. The summed E-state index contributed by atoms with van der Waals surface area (Å²) in [4.78, 5) is 14.9. The number of rotatable bonds is 7. The van der Waals surface area contributed by atoms with E-state index in [9.17, 15) is 4.79 Å². The van der Waals surface area contributed by atoms with Crippen LogP contribution in [0.15, 0.2) is 52.2 Å². The molecule has 2 unspecified atom stereocenters. The number of hydrogen-bond acceptors (Lipinski definition) is 5. The summed E-state index contributed by atoms with van der Waals surface area (Å²) in [5.41, 5.74) is 2.17. The molecule has 1 aromatic carbocycles. The van der Waals surface area contributed by atoms with Gasteiger partial charge in [0.15, 0.2) is 11.0 Å². The van der Waals surface area contributed by atoms with Gasteiger partial charge in [0.05, 0.1) is 18.6 Å². The first-order valence-electron chi connectivity index (χ1n) is 10.9. The fourth-order valence-electron chi connectivity index (χ4n) is 4.40. The summed E-state index contributed by atoms with van der Waals surface area (Å²) in [6, 6.07) is 12.3. The number of furan rings is 1. The van der Waals surface area contributed by atoms with Crippen molar-refractivity contribution >= 4 is 17.7 Å². The van der Waals surface area contributed by atoms with Crippen molar-refractivity contribution in [1.29, 1.82) is 0 Å². The fourth-order valence-corrected chi connectivity index (χ4v) is 5.27. The summed E-state index contributed by atoms with van der Waals surface area (Å²) < 4.78 is 7.62. The number of benzene rings is 1. The van der Waals surface area contributed by atoms with Gasteiger partial charge in [-0.1, -0.05) is 55.8 Å². The van der Waals surface area contributed by atoms with Gasteiger partial charge in [-0.05, 0) is 43.4 Å². The van der Waals surface area contributed by atoms with Crippen LogP contribution in [0.5, 0.6) is 0 Å². The Kier molecular flexibility index (Phi) is 6.80. The number of nitrogens with zero attached hydrogens (tertiary/aromatic N) is 4. The first kappa shape index (κ1) is 21.7. The average Bonchev–Trinajstić information content (AvgIpc) is 3.43. The molecule has 4 rings (SSSR count). The van der Waals surface area contributed by atoms with Crippen molar-refractivity contribution < 1.29 is 9.21 Å². The molecular formula is C24H30N4O2S. The Morgan fingerprint density at radius 2 is 2.00 bits per heavy atom. The van der Waals surface area contributed by atoms with Crippen LogP contribution in [-0.2, 0) is 11.3 Å². The molecule has 0 aliphatic heterocycles. The molecule has 1 aliphatic rings. The lowest BCUT2D eigenvalue weighted by Crippen LogP contribution is -2.43. The van der Waals surface area contributed by atoms with Gasteiger partial charge in [0.1, 0.15) is 5.76 Å². The van der Waals surface area contributed by atoms with Crippen molar-refractivity contribution in [3.63, 3.8) is 0 Å². The van der Waals surface area contributed by atoms with Crippen LogP contribution in [0.25, 0.3) is 11.4 Å². The lowest BCUT2D eigenvalue weighted by molar-refractivity contribution is -0.130. The number of thioether (sulfide) groups is 1. The van der Waals surface area contributed by atoms with Gasteiger partial charge >= 0.3 is 0 Å². The smallest absolute Gasteiger partial charge is 0.233 e. The molecule has 1 aliphatic carbocycles. The number of aryl methyl sites for hydroxylation is 1. The van der Waals surface area contributed by atoms with Crippen LogP contribution in [0.4, 0.5) is 0 Å². The van der Waals surface area contributed by atoms with E-state index in [0.717, 1.165) is 34.3 Å². The van der Waals surface area contributed by atoms with Gasteiger partial charge in [-0.15, -0.1) is 10.2 Å². The molecule has 1 fully saturated rings. The summed E-state index contributed by atoms with van der Waals surface area (Å²) in [5.74, 6) is 2.68. The minimum Gasteiger partial charge on any atom is -0.467 e. The molecule has 0 N–H and O–H groups in total. The normalized spacial score (nSPS) is 18.8. The second kappa shape index (κ2) is 9.73. The maximum Gasteiger partial charge on any atom is 0.233 e. The van der Waals surface area contributed by atoms with Crippen LogP contribution < -0.4 is 0 Å². The quantitative estimate of drug-likeness (QED) is 0.485. The highest BCUT2D eigenvalue weighted by Crippen LogP contribution is 2.30. The number of hydrogen-bond donors (Lipinski definition) is 0. The predicted octanol–water partition coefficient (Wildman–Crippen LogP) is 5.02. The molecule has 0 radical (unpaired) electrons. The third-order valence-corrected chi connectivity index (χ3v) is 7.23. The van der Waals surface area contributed by atoms with Crippen LogP contribution in [0, 0.1) is 12.8 Å². The summed E-state index contributed by atoms with van der Waals surface area (Å²) in [6.07, 6.45) is 6.44. The Labute approximate surface area is 188 Å². The first-order valence-corrected chi connectivity index (χ1v) is 11.9. The van der Waals surface area contributed by atoms with Gasteiger partial charge in [-0.2, -0.15) is 0 Å². The Bertz CT molecular complexity index is 1010. The lowest BCUT2D eigenvalue weighted by atomic mass is 9.85. The van der Waals surface area contributed by atoms with E-state index in [2.05, 4.69) is 36.2 Å². The zero-order valence-corrected chi connectivity index (χ0v) is 19.3. The maximum absolute atomic E-state index is 12.9. The van der Waals surface area contributed by atoms with Gasteiger partial charge in [0.2, 0.25) is 5.91 Å². The van der Waals surface area contributed by atoms with Gasteiger partial charge in [0, 0.05) is 18.7 Å². The zero-order chi connectivity index (χ0) is 21.8. The molecule has 0 bridgehead atoms.